The Morgan fingerprint density at radius 1 is 0.929 bits per heavy atom. The van der Waals surface area contributed by atoms with Crippen molar-refractivity contribution in [2.24, 2.45) is 0 Å². The molecule has 0 spiro atoms. The monoisotopic (exact) mass is 387 g/mol. The van der Waals surface area contributed by atoms with Gasteiger partial charge in [-0.15, -0.1) is 0 Å². The first-order valence-corrected chi connectivity index (χ1v) is 6.04. The van der Waals surface area contributed by atoms with Crippen LogP contribution < -0.4 is 10.6 Å². The highest BCUT2D eigenvalue weighted by Crippen LogP contribution is 2.42. The van der Waals surface area contributed by atoms with Crippen LogP contribution >= 0.6 is 47.8 Å². The Morgan fingerprint density at radius 2 is 1.36 bits per heavy atom. The number of rotatable bonds is 2. The van der Waals surface area contributed by atoms with Crippen molar-refractivity contribution in [3.8, 4) is 0 Å². The Hall–Kier alpha value is 0.0500. The van der Waals surface area contributed by atoms with Crippen LogP contribution in [0.1, 0.15) is 5.82 Å². The second-order valence-corrected chi connectivity index (χ2v) is 9.06. The zero-order valence-electron chi connectivity index (χ0n) is 7.48. The van der Waals surface area contributed by atoms with Gasteiger partial charge in [-0.3, -0.25) is 0 Å². The molecule has 0 bridgehead atoms. The quantitative estimate of drug-likeness (QED) is 0.760. The predicted octanol–water partition coefficient (Wildman–Crippen LogP) is 2.25. The number of anilines is 2. The van der Waals surface area contributed by atoms with Crippen molar-refractivity contribution in [2.45, 2.75) is 2.14 Å². The summed E-state index contributed by atoms with van der Waals surface area (Å²) < 4.78 is -0.632. The number of nitrogens with zero attached hydrogens (tertiary/aromatic N) is 3. The van der Waals surface area contributed by atoms with Crippen molar-refractivity contribution in [1.82, 2.24) is 15.0 Å². The lowest BCUT2D eigenvalue weighted by Crippen LogP contribution is -2.12. The molecule has 0 aliphatic carbocycles. The van der Waals surface area contributed by atoms with Gasteiger partial charge in [0.05, 0.1) is 0 Å². The fraction of sp³-hybridized carbons (Fsp3) is 0.500. The fourth-order valence-electron chi connectivity index (χ4n) is 0.726. The van der Waals surface area contributed by atoms with Crippen molar-refractivity contribution in [3.05, 3.63) is 5.82 Å². The van der Waals surface area contributed by atoms with E-state index in [1.807, 2.05) is 0 Å². The minimum atomic E-state index is -0.632. The minimum absolute atomic E-state index is 0.502. The standard InChI is InChI=1S/C6H8Br3N5/c1-10-4-12-3(6(7,8)9)13-5(11-2)14-4/h1-2H3,(H2,10,11,12,13,14). The third-order valence-corrected chi connectivity index (χ3v) is 2.40. The van der Waals surface area contributed by atoms with Crippen LogP contribution in [0.4, 0.5) is 11.9 Å². The van der Waals surface area contributed by atoms with E-state index in [0.717, 1.165) is 0 Å². The molecule has 5 nitrogen and oxygen atoms in total. The van der Waals surface area contributed by atoms with E-state index in [1.54, 1.807) is 14.1 Å². The Balaban J connectivity index is 3.17. The molecule has 0 atom stereocenters. The van der Waals surface area contributed by atoms with Gasteiger partial charge in [0, 0.05) is 14.1 Å². The zero-order valence-corrected chi connectivity index (χ0v) is 12.2. The second kappa shape index (κ2) is 4.71. The molecule has 0 aromatic carbocycles. The molecular formula is C6H8Br3N5. The Labute approximate surface area is 107 Å². The van der Waals surface area contributed by atoms with E-state index < -0.39 is 2.14 Å². The summed E-state index contributed by atoms with van der Waals surface area (Å²) in [4.78, 5) is 12.4. The third kappa shape index (κ3) is 3.03. The van der Waals surface area contributed by atoms with Crippen LogP contribution in [0, 0.1) is 0 Å². The summed E-state index contributed by atoms with van der Waals surface area (Å²) in [6, 6.07) is 0. The van der Waals surface area contributed by atoms with Crippen LogP contribution in [0.2, 0.25) is 0 Å². The van der Waals surface area contributed by atoms with Crippen LogP contribution in [0.5, 0.6) is 0 Å². The summed E-state index contributed by atoms with van der Waals surface area (Å²) in [5, 5.41) is 5.70. The van der Waals surface area contributed by atoms with E-state index in [9.17, 15) is 0 Å². The number of hydrogen-bond donors (Lipinski definition) is 2. The molecular weight excluding hydrogens is 382 g/mol. The fourth-order valence-corrected chi connectivity index (χ4v) is 1.26. The Kier molecular flexibility index (Phi) is 4.08. The average molecular weight is 390 g/mol. The van der Waals surface area contributed by atoms with Crippen molar-refractivity contribution in [1.29, 1.82) is 0 Å². The van der Waals surface area contributed by atoms with Crippen molar-refractivity contribution in [2.75, 3.05) is 24.7 Å². The highest BCUT2D eigenvalue weighted by molar-refractivity contribution is 9.38. The Bertz CT molecular complexity index is 301. The molecule has 0 amide bonds. The SMILES string of the molecule is CNc1nc(NC)nc(C(Br)(Br)Br)n1. The van der Waals surface area contributed by atoms with Crippen molar-refractivity contribution < 1.29 is 0 Å². The first-order chi connectivity index (χ1) is 6.47. The normalized spacial score (nSPS) is 11.2. The summed E-state index contributed by atoms with van der Waals surface area (Å²) in [6.07, 6.45) is 0. The van der Waals surface area contributed by atoms with Crippen molar-refractivity contribution in [3.63, 3.8) is 0 Å². The predicted molar refractivity (Wildman–Crippen MR) is 67.4 cm³/mol. The maximum Gasteiger partial charge on any atom is 0.227 e. The molecule has 1 aromatic heterocycles. The molecule has 0 fully saturated rings. The maximum atomic E-state index is 4.16. The summed E-state index contributed by atoms with van der Waals surface area (Å²) >= 11 is 10.0. The van der Waals surface area contributed by atoms with Gasteiger partial charge in [0.25, 0.3) is 0 Å². The number of halogens is 3. The van der Waals surface area contributed by atoms with Gasteiger partial charge in [0.2, 0.25) is 11.9 Å². The van der Waals surface area contributed by atoms with Gasteiger partial charge in [-0.25, -0.2) is 0 Å². The van der Waals surface area contributed by atoms with Gasteiger partial charge in [0.1, 0.15) is 0 Å². The van der Waals surface area contributed by atoms with Gasteiger partial charge in [-0.1, -0.05) is 47.8 Å². The first-order valence-electron chi connectivity index (χ1n) is 3.66. The first kappa shape index (κ1) is 12.1. The highest BCUT2D eigenvalue weighted by Gasteiger charge is 2.26. The van der Waals surface area contributed by atoms with Crippen LogP contribution in [0.25, 0.3) is 0 Å². The van der Waals surface area contributed by atoms with Gasteiger partial charge >= 0.3 is 0 Å². The maximum absolute atomic E-state index is 4.16. The molecule has 0 aliphatic heterocycles. The van der Waals surface area contributed by atoms with Crippen LogP contribution in [-0.2, 0) is 2.14 Å². The summed E-state index contributed by atoms with van der Waals surface area (Å²) in [7, 11) is 3.49. The van der Waals surface area contributed by atoms with E-state index in [1.165, 1.54) is 0 Å². The third-order valence-electron chi connectivity index (χ3n) is 1.34. The van der Waals surface area contributed by atoms with Crippen molar-refractivity contribution >= 4 is 59.7 Å². The average Bonchev–Trinajstić information content (AvgIpc) is 2.15. The van der Waals surface area contributed by atoms with Gasteiger partial charge < -0.3 is 10.6 Å². The molecule has 8 heteroatoms. The van der Waals surface area contributed by atoms with Gasteiger partial charge in [0.15, 0.2) is 7.97 Å². The van der Waals surface area contributed by atoms with Gasteiger partial charge in [-0.2, -0.15) is 15.0 Å². The summed E-state index contributed by atoms with van der Waals surface area (Å²) in [5.74, 6) is 1.53. The van der Waals surface area contributed by atoms with E-state index in [2.05, 4.69) is 73.4 Å². The van der Waals surface area contributed by atoms with Gasteiger partial charge in [-0.05, 0) is 0 Å². The minimum Gasteiger partial charge on any atom is -0.357 e. The second-order valence-electron chi connectivity index (χ2n) is 2.30. The van der Waals surface area contributed by atoms with Crippen LogP contribution in [0.3, 0.4) is 0 Å². The number of aromatic nitrogens is 3. The molecule has 1 aromatic rings. The molecule has 0 saturated carbocycles. The number of alkyl halides is 3. The molecule has 78 valence electrons. The van der Waals surface area contributed by atoms with E-state index in [-0.39, 0.29) is 0 Å². The summed E-state index contributed by atoms with van der Waals surface area (Å²) in [6.45, 7) is 0. The number of hydrogen-bond acceptors (Lipinski definition) is 5. The van der Waals surface area contributed by atoms with E-state index >= 15 is 0 Å². The molecule has 0 unspecified atom stereocenters. The molecule has 2 N–H and O–H groups in total. The van der Waals surface area contributed by atoms with E-state index in [4.69, 9.17) is 0 Å². The number of nitrogens with one attached hydrogen (secondary N) is 2. The molecule has 0 aliphatic rings. The lowest BCUT2D eigenvalue weighted by Gasteiger charge is -2.12. The molecule has 14 heavy (non-hydrogen) atoms. The molecule has 1 rings (SSSR count). The smallest absolute Gasteiger partial charge is 0.227 e. The topological polar surface area (TPSA) is 62.7 Å². The largest absolute Gasteiger partial charge is 0.357 e. The highest BCUT2D eigenvalue weighted by atomic mass is 80.0. The lowest BCUT2D eigenvalue weighted by atomic mass is 10.7. The summed E-state index contributed by atoms with van der Waals surface area (Å²) in [5.41, 5.74) is 0. The Morgan fingerprint density at radius 3 is 1.64 bits per heavy atom. The van der Waals surface area contributed by atoms with Crippen LogP contribution in [-0.4, -0.2) is 29.0 Å². The molecule has 0 radical (unpaired) electrons. The zero-order chi connectivity index (χ0) is 10.8. The van der Waals surface area contributed by atoms with Crippen LogP contribution in [0.15, 0.2) is 0 Å². The molecule has 0 saturated heterocycles. The lowest BCUT2D eigenvalue weighted by molar-refractivity contribution is 0.956. The van der Waals surface area contributed by atoms with E-state index in [0.29, 0.717) is 17.7 Å². The molecule has 1 heterocycles.